The van der Waals surface area contributed by atoms with Crippen molar-refractivity contribution < 1.29 is 27.5 Å². The van der Waals surface area contributed by atoms with Crippen LogP contribution in [-0.4, -0.2) is 75.1 Å². The van der Waals surface area contributed by atoms with Crippen LogP contribution in [0.15, 0.2) is 18.2 Å². The molecule has 28 heavy (non-hydrogen) atoms. The van der Waals surface area contributed by atoms with Crippen molar-refractivity contribution in [3.63, 3.8) is 0 Å². The van der Waals surface area contributed by atoms with Gasteiger partial charge in [-0.05, 0) is 12.1 Å². The van der Waals surface area contributed by atoms with Crippen LogP contribution < -0.4 is 14.8 Å². The molecule has 0 saturated carbocycles. The van der Waals surface area contributed by atoms with Crippen molar-refractivity contribution in [2.75, 3.05) is 51.0 Å². The number of ether oxygens (including phenoxy) is 2. The molecular weight excluding hydrogens is 386 g/mol. The number of carbonyl (C=O) groups is 2. The second-order valence-corrected chi connectivity index (χ2v) is 8.79. The molecule has 3 rings (SSSR count). The van der Waals surface area contributed by atoms with Gasteiger partial charge in [0.25, 0.3) is 0 Å². The first-order valence-corrected chi connectivity index (χ1v) is 11.1. The highest BCUT2D eigenvalue weighted by atomic mass is 32.2. The largest absolute Gasteiger partial charge is 0.490 e. The fraction of sp³-hybridized carbons (Fsp3) is 0.556. The van der Waals surface area contributed by atoms with Gasteiger partial charge in [-0.15, -0.1) is 0 Å². The molecule has 0 unspecified atom stereocenters. The summed E-state index contributed by atoms with van der Waals surface area (Å²) in [4.78, 5) is 26.1. The lowest BCUT2D eigenvalue weighted by molar-refractivity contribution is -0.133. The fourth-order valence-electron chi connectivity index (χ4n) is 3.11. The number of sulfonamides is 1. The van der Waals surface area contributed by atoms with E-state index in [1.165, 1.54) is 4.31 Å². The number of piperazine rings is 1. The van der Waals surface area contributed by atoms with Gasteiger partial charge in [-0.1, -0.05) is 0 Å². The summed E-state index contributed by atoms with van der Waals surface area (Å²) in [6.45, 7) is 2.41. The summed E-state index contributed by atoms with van der Waals surface area (Å²) in [5.41, 5.74) is 0.587. The van der Waals surface area contributed by atoms with Crippen LogP contribution in [0, 0.1) is 0 Å². The van der Waals surface area contributed by atoms with Crippen molar-refractivity contribution in [2.45, 2.75) is 19.3 Å². The average Bonchev–Trinajstić information content (AvgIpc) is 2.90. The Kier molecular flexibility index (Phi) is 6.40. The third kappa shape index (κ3) is 5.35. The van der Waals surface area contributed by atoms with E-state index in [0.29, 0.717) is 43.5 Å². The Bertz CT molecular complexity index is 834. The summed E-state index contributed by atoms with van der Waals surface area (Å²) in [5, 5.41) is 2.76. The van der Waals surface area contributed by atoms with Crippen molar-refractivity contribution in [1.29, 1.82) is 0 Å². The molecule has 1 saturated heterocycles. The topological polar surface area (TPSA) is 105 Å². The lowest BCUT2D eigenvalue weighted by atomic mass is 10.2. The van der Waals surface area contributed by atoms with Gasteiger partial charge in [-0.25, -0.2) is 8.42 Å². The van der Waals surface area contributed by atoms with Crippen molar-refractivity contribution in [1.82, 2.24) is 9.21 Å². The molecule has 1 N–H and O–H groups in total. The Morgan fingerprint density at radius 2 is 1.71 bits per heavy atom. The van der Waals surface area contributed by atoms with Crippen molar-refractivity contribution in [2.24, 2.45) is 0 Å². The minimum absolute atomic E-state index is 0.0551. The van der Waals surface area contributed by atoms with E-state index in [1.54, 1.807) is 23.1 Å². The molecule has 154 valence electrons. The SMILES string of the molecule is CS(=O)(=O)N1CCN(C(=O)CCC(=O)Nc2ccc3c(c2)OCCCO3)CC1. The predicted molar refractivity (Wildman–Crippen MR) is 103 cm³/mol. The lowest BCUT2D eigenvalue weighted by Gasteiger charge is -2.33. The Morgan fingerprint density at radius 3 is 2.39 bits per heavy atom. The summed E-state index contributed by atoms with van der Waals surface area (Å²) in [7, 11) is -3.23. The molecule has 1 aromatic rings. The predicted octanol–water partition coefficient (Wildman–Crippen LogP) is 0.670. The summed E-state index contributed by atoms with van der Waals surface area (Å²) < 4.78 is 35.5. The molecule has 0 radical (unpaired) electrons. The van der Waals surface area contributed by atoms with Crippen LogP contribution in [0.2, 0.25) is 0 Å². The summed E-state index contributed by atoms with van der Waals surface area (Å²) in [5.74, 6) is 0.827. The summed E-state index contributed by atoms with van der Waals surface area (Å²) in [6.07, 6.45) is 2.10. The van der Waals surface area contributed by atoms with Crippen molar-refractivity contribution in [3.8, 4) is 11.5 Å². The van der Waals surface area contributed by atoms with E-state index in [9.17, 15) is 18.0 Å². The minimum atomic E-state index is -3.23. The average molecular weight is 411 g/mol. The minimum Gasteiger partial charge on any atom is -0.490 e. The van der Waals surface area contributed by atoms with Crippen LogP contribution in [0.1, 0.15) is 19.3 Å². The molecule has 0 bridgehead atoms. The standard InChI is InChI=1S/C18H25N3O6S/c1-28(24,25)21-9-7-20(8-10-21)18(23)6-5-17(22)19-14-3-4-15-16(13-14)27-12-2-11-26-15/h3-4,13H,2,5-12H2,1H3,(H,19,22). The summed E-state index contributed by atoms with van der Waals surface area (Å²) in [6, 6.07) is 5.20. The Hall–Kier alpha value is -2.33. The van der Waals surface area contributed by atoms with Gasteiger partial charge in [-0.3, -0.25) is 9.59 Å². The van der Waals surface area contributed by atoms with Gasteiger partial charge in [0.2, 0.25) is 21.8 Å². The number of nitrogens with one attached hydrogen (secondary N) is 1. The number of nitrogens with zero attached hydrogens (tertiary/aromatic N) is 2. The van der Waals surface area contributed by atoms with Crippen molar-refractivity contribution >= 4 is 27.5 Å². The Morgan fingerprint density at radius 1 is 1.04 bits per heavy atom. The number of fused-ring (bicyclic) bond motifs is 1. The van der Waals surface area contributed by atoms with E-state index in [0.717, 1.165) is 12.7 Å². The van der Waals surface area contributed by atoms with E-state index >= 15 is 0 Å². The van der Waals surface area contributed by atoms with Crippen LogP contribution in [0.4, 0.5) is 5.69 Å². The van der Waals surface area contributed by atoms with Crippen LogP contribution in [0.25, 0.3) is 0 Å². The lowest BCUT2D eigenvalue weighted by Crippen LogP contribution is -2.50. The van der Waals surface area contributed by atoms with E-state index in [-0.39, 0.29) is 37.7 Å². The van der Waals surface area contributed by atoms with Gasteiger partial charge >= 0.3 is 0 Å². The molecular formula is C18H25N3O6S. The maximum Gasteiger partial charge on any atom is 0.224 e. The zero-order chi connectivity index (χ0) is 20.1. The maximum atomic E-state index is 12.3. The van der Waals surface area contributed by atoms with E-state index in [1.807, 2.05) is 0 Å². The zero-order valence-electron chi connectivity index (χ0n) is 15.8. The quantitative estimate of drug-likeness (QED) is 0.764. The van der Waals surface area contributed by atoms with E-state index < -0.39 is 10.0 Å². The number of hydrogen-bond acceptors (Lipinski definition) is 6. The Labute approximate surface area is 164 Å². The van der Waals surface area contributed by atoms with E-state index in [2.05, 4.69) is 5.32 Å². The molecule has 0 atom stereocenters. The summed E-state index contributed by atoms with van der Waals surface area (Å²) >= 11 is 0. The van der Waals surface area contributed by atoms with E-state index in [4.69, 9.17) is 9.47 Å². The van der Waals surface area contributed by atoms with Crippen LogP contribution in [-0.2, 0) is 19.6 Å². The monoisotopic (exact) mass is 411 g/mol. The highest BCUT2D eigenvalue weighted by molar-refractivity contribution is 7.88. The first-order valence-electron chi connectivity index (χ1n) is 9.25. The third-order valence-electron chi connectivity index (χ3n) is 4.66. The molecule has 0 aliphatic carbocycles. The second-order valence-electron chi connectivity index (χ2n) is 6.80. The molecule has 2 amide bonds. The first-order chi connectivity index (χ1) is 13.3. The molecule has 2 aliphatic heterocycles. The van der Waals surface area contributed by atoms with Gasteiger partial charge in [-0.2, -0.15) is 4.31 Å². The molecule has 2 aliphatic rings. The number of anilines is 1. The number of rotatable bonds is 5. The second kappa shape index (κ2) is 8.78. The molecule has 0 aromatic heterocycles. The molecule has 1 fully saturated rings. The zero-order valence-corrected chi connectivity index (χ0v) is 16.7. The van der Waals surface area contributed by atoms with Crippen LogP contribution >= 0.6 is 0 Å². The fourth-order valence-corrected chi connectivity index (χ4v) is 3.94. The number of hydrogen-bond donors (Lipinski definition) is 1. The molecule has 2 heterocycles. The van der Waals surface area contributed by atoms with Gasteiger partial charge in [0.15, 0.2) is 11.5 Å². The van der Waals surface area contributed by atoms with Crippen molar-refractivity contribution in [3.05, 3.63) is 18.2 Å². The molecule has 0 spiro atoms. The van der Waals surface area contributed by atoms with Gasteiger partial charge in [0.05, 0.1) is 19.5 Å². The number of carbonyl (C=O) groups excluding carboxylic acids is 2. The highest BCUT2D eigenvalue weighted by Gasteiger charge is 2.26. The van der Waals surface area contributed by atoms with Gasteiger partial charge in [0.1, 0.15) is 0 Å². The molecule has 1 aromatic carbocycles. The Balaban J connectivity index is 1.46. The number of benzene rings is 1. The van der Waals surface area contributed by atoms with Crippen LogP contribution in [0.5, 0.6) is 11.5 Å². The van der Waals surface area contributed by atoms with Gasteiger partial charge < -0.3 is 19.7 Å². The van der Waals surface area contributed by atoms with Crippen LogP contribution in [0.3, 0.4) is 0 Å². The molecule has 10 heteroatoms. The van der Waals surface area contributed by atoms with Gasteiger partial charge in [0, 0.05) is 57.2 Å². The normalized spacial score (nSPS) is 17.7. The first kappa shape index (κ1) is 20.4. The smallest absolute Gasteiger partial charge is 0.224 e. The maximum absolute atomic E-state index is 12.3. The number of amides is 2. The highest BCUT2D eigenvalue weighted by Crippen LogP contribution is 2.32. The molecule has 9 nitrogen and oxygen atoms in total. The third-order valence-corrected chi connectivity index (χ3v) is 5.96.